The SMILES string of the molecule is Cc1c(C(=O)NC2CCC2)cn(-c2ccc(S(=O)NC(C)(C)C)c(C(C)(C)C)c2)c1CC1CCCCC1.O=CO. The highest BCUT2D eigenvalue weighted by Crippen LogP contribution is 2.34. The summed E-state index contributed by atoms with van der Waals surface area (Å²) in [6.45, 7) is 14.5. The lowest BCUT2D eigenvalue weighted by molar-refractivity contribution is -0.122. The second-order valence-electron chi connectivity index (χ2n) is 13.5. The van der Waals surface area contributed by atoms with E-state index in [0.29, 0.717) is 12.0 Å². The molecule has 0 radical (unpaired) electrons. The molecule has 1 aromatic heterocycles. The van der Waals surface area contributed by atoms with E-state index in [1.54, 1.807) is 0 Å². The minimum absolute atomic E-state index is 0.0500. The Morgan fingerprint density at radius 2 is 1.68 bits per heavy atom. The first-order valence-electron chi connectivity index (χ1n) is 14.7. The molecule has 0 aliphatic heterocycles. The molecule has 1 amide bonds. The average molecular weight is 572 g/mol. The van der Waals surface area contributed by atoms with Crippen LogP contribution in [0.25, 0.3) is 5.69 Å². The van der Waals surface area contributed by atoms with E-state index in [1.165, 1.54) is 44.2 Å². The predicted octanol–water partition coefficient (Wildman–Crippen LogP) is 6.60. The molecule has 3 N–H and O–H groups in total. The van der Waals surface area contributed by atoms with Gasteiger partial charge in [-0.15, -0.1) is 0 Å². The minimum Gasteiger partial charge on any atom is -0.483 e. The van der Waals surface area contributed by atoms with Crippen LogP contribution >= 0.6 is 0 Å². The molecule has 1 aromatic carbocycles. The van der Waals surface area contributed by atoms with Crippen LogP contribution < -0.4 is 10.0 Å². The molecule has 1 atom stereocenters. The molecule has 2 saturated carbocycles. The van der Waals surface area contributed by atoms with Gasteiger partial charge >= 0.3 is 0 Å². The Kier molecular flexibility index (Phi) is 10.8. The third kappa shape index (κ3) is 8.29. The van der Waals surface area contributed by atoms with Crippen molar-refractivity contribution in [2.45, 2.75) is 128 Å². The van der Waals surface area contributed by atoms with Crippen LogP contribution in [-0.4, -0.2) is 37.8 Å². The van der Waals surface area contributed by atoms with Crippen molar-refractivity contribution in [3.05, 3.63) is 46.8 Å². The maximum atomic E-state index is 13.3. The van der Waals surface area contributed by atoms with E-state index in [-0.39, 0.29) is 23.3 Å². The molecular formula is C32H49N3O4S. The zero-order valence-corrected chi connectivity index (χ0v) is 26.2. The van der Waals surface area contributed by atoms with Crippen LogP contribution in [0.2, 0.25) is 0 Å². The lowest BCUT2D eigenvalue weighted by Gasteiger charge is -2.27. The molecule has 7 nitrogen and oxygen atoms in total. The van der Waals surface area contributed by atoms with Crippen molar-refractivity contribution in [2.75, 3.05) is 0 Å². The molecule has 1 heterocycles. The van der Waals surface area contributed by atoms with Crippen LogP contribution in [0.4, 0.5) is 0 Å². The third-order valence-electron chi connectivity index (χ3n) is 7.93. The van der Waals surface area contributed by atoms with Gasteiger partial charge in [0.05, 0.1) is 10.5 Å². The smallest absolute Gasteiger partial charge is 0.290 e. The van der Waals surface area contributed by atoms with E-state index in [4.69, 9.17) is 9.90 Å². The van der Waals surface area contributed by atoms with Gasteiger partial charge in [0, 0.05) is 29.2 Å². The van der Waals surface area contributed by atoms with Gasteiger partial charge in [-0.05, 0) is 94.0 Å². The van der Waals surface area contributed by atoms with Gasteiger partial charge in [0.25, 0.3) is 12.4 Å². The maximum Gasteiger partial charge on any atom is 0.290 e. The fourth-order valence-corrected chi connectivity index (χ4v) is 7.00. The Balaban J connectivity index is 0.00000141. The van der Waals surface area contributed by atoms with Crippen molar-refractivity contribution in [1.82, 2.24) is 14.6 Å². The summed E-state index contributed by atoms with van der Waals surface area (Å²) < 4.78 is 18.8. The highest BCUT2D eigenvalue weighted by Gasteiger charge is 2.28. The first kappa shape index (κ1) is 32.1. The van der Waals surface area contributed by atoms with Gasteiger partial charge in [-0.3, -0.25) is 9.59 Å². The first-order chi connectivity index (χ1) is 18.7. The fraction of sp³-hybridized carbons (Fsp3) is 0.625. The Bertz CT molecular complexity index is 1200. The number of nitrogens with one attached hydrogen (secondary N) is 2. The van der Waals surface area contributed by atoms with E-state index < -0.39 is 11.0 Å². The summed E-state index contributed by atoms with van der Waals surface area (Å²) in [4.78, 5) is 22.5. The van der Waals surface area contributed by atoms with Gasteiger partial charge in [0.1, 0.15) is 11.0 Å². The number of nitrogens with zero attached hydrogens (tertiary/aromatic N) is 1. The lowest BCUT2D eigenvalue weighted by atomic mass is 9.85. The largest absolute Gasteiger partial charge is 0.483 e. The predicted molar refractivity (Wildman–Crippen MR) is 163 cm³/mol. The van der Waals surface area contributed by atoms with E-state index in [0.717, 1.165) is 46.5 Å². The van der Waals surface area contributed by atoms with Gasteiger partial charge < -0.3 is 15.0 Å². The second-order valence-corrected chi connectivity index (χ2v) is 14.6. The van der Waals surface area contributed by atoms with Gasteiger partial charge in [-0.25, -0.2) is 8.93 Å². The number of aromatic nitrogens is 1. The number of hydrogen-bond acceptors (Lipinski definition) is 3. The average Bonchev–Trinajstić information content (AvgIpc) is 3.16. The third-order valence-corrected chi connectivity index (χ3v) is 9.48. The summed E-state index contributed by atoms with van der Waals surface area (Å²) in [6.07, 6.45) is 12.9. The van der Waals surface area contributed by atoms with Crippen LogP contribution in [0.3, 0.4) is 0 Å². The Labute approximate surface area is 243 Å². The topological polar surface area (TPSA) is 100 Å². The number of carbonyl (C=O) groups is 2. The number of carbonyl (C=O) groups excluding carboxylic acids is 1. The van der Waals surface area contributed by atoms with E-state index in [2.05, 4.69) is 54.4 Å². The molecule has 1 unspecified atom stereocenters. The molecule has 8 heteroatoms. The van der Waals surface area contributed by atoms with Gasteiger partial charge in [0.15, 0.2) is 0 Å². The van der Waals surface area contributed by atoms with Crippen molar-refractivity contribution in [2.24, 2.45) is 5.92 Å². The van der Waals surface area contributed by atoms with Crippen LogP contribution in [0, 0.1) is 12.8 Å². The molecule has 0 spiro atoms. The first-order valence-corrected chi connectivity index (χ1v) is 15.8. The second kappa shape index (κ2) is 13.5. The fourth-order valence-electron chi connectivity index (χ4n) is 5.58. The van der Waals surface area contributed by atoms with E-state index in [1.807, 2.05) is 33.0 Å². The monoisotopic (exact) mass is 571 g/mol. The summed E-state index contributed by atoms with van der Waals surface area (Å²) in [5.74, 6) is 0.711. The number of carboxylic acid groups (broad SMARTS) is 1. The van der Waals surface area contributed by atoms with Gasteiger partial charge in [0.2, 0.25) is 0 Å². The van der Waals surface area contributed by atoms with Crippen molar-refractivity contribution < 1.29 is 18.9 Å². The zero-order chi connectivity index (χ0) is 29.7. The van der Waals surface area contributed by atoms with Gasteiger partial charge in [-0.2, -0.15) is 0 Å². The molecule has 222 valence electrons. The maximum absolute atomic E-state index is 13.3. The van der Waals surface area contributed by atoms with Crippen LogP contribution in [0.1, 0.15) is 120 Å². The summed E-state index contributed by atoms with van der Waals surface area (Å²) >= 11 is 0. The molecule has 40 heavy (non-hydrogen) atoms. The molecule has 2 aliphatic carbocycles. The summed E-state index contributed by atoms with van der Waals surface area (Å²) in [5, 5.41) is 10.1. The minimum atomic E-state index is -1.32. The Hall–Kier alpha value is -2.45. The summed E-state index contributed by atoms with van der Waals surface area (Å²) in [5.41, 5.74) is 4.79. The van der Waals surface area contributed by atoms with Gasteiger partial charge in [-0.1, -0.05) is 52.9 Å². The zero-order valence-electron chi connectivity index (χ0n) is 25.4. The molecule has 2 aromatic rings. The van der Waals surface area contributed by atoms with Crippen LogP contribution in [0.15, 0.2) is 29.3 Å². The van der Waals surface area contributed by atoms with Crippen LogP contribution in [-0.2, 0) is 27.6 Å². The molecule has 2 aliphatic rings. The highest BCUT2D eigenvalue weighted by atomic mass is 32.2. The number of hydrogen-bond donors (Lipinski definition) is 3. The van der Waals surface area contributed by atoms with E-state index >= 15 is 0 Å². The van der Waals surface area contributed by atoms with E-state index in [9.17, 15) is 9.00 Å². The number of benzene rings is 1. The summed E-state index contributed by atoms with van der Waals surface area (Å²) in [6, 6.07) is 6.59. The lowest BCUT2D eigenvalue weighted by Crippen LogP contribution is -2.39. The molecule has 0 saturated heterocycles. The van der Waals surface area contributed by atoms with Crippen molar-refractivity contribution >= 4 is 23.4 Å². The molecule has 4 rings (SSSR count). The van der Waals surface area contributed by atoms with Crippen molar-refractivity contribution in [3.8, 4) is 5.69 Å². The molecule has 0 bridgehead atoms. The molecule has 2 fully saturated rings. The number of amides is 1. The Morgan fingerprint density at radius 3 is 2.20 bits per heavy atom. The quantitative estimate of drug-likeness (QED) is 0.326. The molecular weight excluding hydrogens is 522 g/mol. The standard InChI is InChI=1S/C31H47N3O2S.CH2O2/c1-21-25(29(35)32-23-14-11-15-23)20-34(27(21)18-22-12-9-8-10-13-22)24-16-17-28(26(19-24)30(2,3)4)37(36)33-31(5,6)7;2-1-3/h16-17,19-20,22-23,33H,8-15,18H2,1-7H3,(H,32,35);1H,(H,2,3). The highest BCUT2D eigenvalue weighted by molar-refractivity contribution is 7.83. The van der Waals surface area contributed by atoms with Crippen LogP contribution in [0.5, 0.6) is 0 Å². The Morgan fingerprint density at radius 1 is 1.05 bits per heavy atom. The van der Waals surface area contributed by atoms with Crippen molar-refractivity contribution in [1.29, 1.82) is 0 Å². The number of rotatable bonds is 7. The summed E-state index contributed by atoms with van der Waals surface area (Å²) in [7, 11) is -1.32. The normalized spacial score (nSPS) is 17.4. The van der Waals surface area contributed by atoms with Crippen molar-refractivity contribution in [3.63, 3.8) is 0 Å².